The number of rotatable bonds is 3. The lowest BCUT2D eigenvalue weighted by Crippen LogP contribution is -2.52. The van der Waals surface area contributed by atoms with Gasteiger partial charge in [-0.15, -0.1) is 0 Å². The molecule has 16 heavy (non-hydrogen) atoms. The second kappa shape index (κ2) is 3.84. The molecule has 0 aromatic heterocycles. The fourth-order valence-corrected chi connectivity index (χ4v) is 1.18. The van der Waals surface area contributed by atoms with Crippen molar-refractivity contribution >= 4 is 12.0 Å². The topological polar surface area (TPSA) is 69.6 Å². The monoisotopic (exact) mass is 240 g/mol. The van der Waals surface area contributed by atoms with E-state index in [4.69, 9.17) is 5.11 Å². The summed E-state index contributed by atoms with van der Waals surface area (Å²) in [7, 11) is 1.12. The van der Waals surface area contributed by atoms with Crippen LogP contribution >= 0.6 is 0 Å². The Kier molecular flexibility index (Phi) is 3.02. The first-order valence-electron chi connectivity index (χ1n) is 4.50. The summed E-state index contributed by atoms with van der Waals surface area (Å²) < 4.78 is 37.3. The van der Waals surface area contributed by atoms with Gasteiger partial charge in [0.1, 0.15) is 12.1 Å². The summed E-state index contributed by atoms with van der Waals surface area (Å²) in [5, 5.41) is 10.2. The lowest BCUT2D eigenvalue weighted by atomic mass is 10.2. The second-order valence-corrected chi connectivity index (χ2v) is 3.76. The van der Waals surface area contributed by atoms with E-state index in [2.05, 4.69) is 0 Å². The van der Waals surface area contributed by atoms with E-state index in [9.17, 15) is 22.8 Å². The summed E-state index contributed by atoms with van der Waals surface area (Å²) >= 11 is 0. The normalized spacial score (nSPS) is 17.8. The maximum atomic E-state index is 12.4. The zero-order valence-electron chi connectivity index (χ0n) is 8.47. The molecule has 1 aliphatic rings. The van der Waals surface area contributed by atoms with Crippen molar-refractivity contribution in [3.8, 4) is 0 Å². The first kappa shape index (κ1) is 12.6. The van der Waals surface area contributed by atoms with Crippen LogP contribution in [0.5, 0.6) is 0 Å². The zero-order chi connectivity index (χ0) is 12.6. The molecule has 1 fully saturated rings. The number of amides is 2. The number of hydrogen-bond acceptors (Lipinski definition) is 2. The number of carboxylic acid groups (broad SMARTS) is 1. The van der Waals surface area contributed by atoms with Crippen molar-refractivity contribution in [2.75, 3.05) is 13.6 Å². The van der Waals surface area contributed by atoms with Gasteiger partial charge in [0, 0.05) is 7.05 Å². The first-order chi connectivity index (χ1) is 7.18. The Balaban J connectivity index is 2.55. The molecule has 5 nitrogen and oxygen atoms in total. The fourth-order valence-electron chi connectivity index (χ4n) is 1.18. The summed E-state index contributed by atoms with van der Waals surface area (Å²) in [6.45, 7) is -0.639. The number of urea groups is 1. The lowest BCUT2D eigenvalue weighted by Gasteiger charge is -2.24. The summed E-state index contributed by atoms with van der Waals surface area (Å²) in [5.41, 5.74) is -2.16. The summed E-state index contributed by atoms with van der Waals surface area (Å²) in [6, 6.07) is -1.03. The van der Waals surface area contributed by atoms with E-state index in [0.29, 0.717) is 4.90 Å². The molecule has 0 heterocycles. The molecule has 0 spiro atoms. The predicted octanol–water partition coefficient (Wildman–Crippen LogP) is 0.807. The van der Waals surface area contributed by atoms with Crippen LogP contribution in [0.15, 0.2) is 0 Å². The maximum Gasteiger partial charge on any atom is 0.411 e. The molecule has 0 aliphatic heterocycles. The van der Waals surface area contributed by atoms with Crippen LogP contribution in [-0.4, -0.2) is 47.3 Å². The van der Waals surface area contributed by atoms with Crippen LogP contribution in [0, 0.1) is 0 Å². The van der Waals surface area contributed by atoms with Crippen molar-refractivity contribution in [2.45, 2.75) is 24.6 Å². The molecular weight excluding hydrogens is 229 g/mol. The maximum absolute atomic E-state index is 12.4. The van der Waals surface area contributed by atoms with Crippen LogP contribution in [0.3, 0.4) is 0 Å². The third kappa shape index (κ3) is 2.56. The van der Waals surface area contributed by atoms with Crippen LogP contribution in [-0.2, 0) is 4.79 Å². The summed E-state index contributed by atoms with van der Waals surface area (Å²) in [5.74, 6) is -1.28. The van der Waals surface area contributed by atoms with Gasteiger partial charge in [-0.05, 0) is 12.8 Å². The minimum absolute atomic E-state index is 0.164. The highest BCUT2D eigenvalue weighted by Crippen LogP contribution is 2.48. The molecule has 92 valence electrons. The van der Waals surface area contributed by atoms with Gasteiger partial charge in [-0.1, -0.05) is 0 Å². The van der Waals surface area contributed by atoms with Gasteiger partial charge in [-0.3, -0.25) is 4.79 Å². The minimum Gasteiger partial charge on any atom is -0.480 e. The molecule has 8 heteroatoms. The SMILES string of the molecule is CN(CC(=O)O)C(=O)NC1(C(F)(F)F)CC1. The zero-order valence-corrected chi connectivity index (χ0v) is 8.47. The molecule has 0 bridgehead atoms. The van der Waals surface area contributed by atoms with E-state index in [1.807, 2.05) is 5.32 Å². The lowest BCUT2D eigenvalue weighted by molar-refractivity contribution is -0.163. The summed E-state index contributed by atoms with van der Waals surface area (Å²) in [4.78, 5) is 22.2. The van der Waals surface area contributed by atoms with E-state index in [1.165, 1.54) is 0 Å². The average Bonchev–Trinajstić information content (AvgIpc) is 2.82. The highest BCUT2D eigenvalue weighted by molar-refractivity contribution is 5.80. The Morgan fingerprint density at radius 1 is 1.44 bits per heavy atom. The predicted molar refractivity (Wildman–Crippen MR) is 46.8 cm³/mol. The van der Waals surface area contributed by atoms with Crippen molar-refractivity contribution in [2.24, 2.45) is 0 Å². The quantitative estimate of drug-likeness (QED) is 0.766. The third-order valence-corrected chi connectivity index (χ3v) is 2.36. The number of hydrogen-bond donors (Lipinski definition) is 2. The molecule has 2 amide bonds. The van der Waals surface area contributed by atoms with Gasteiger partial charge in [0.05, 0.1) is 0 Å². The fraction of sp³-hybridized carbons (Fsp3) is 0.750. The Bertz CT molecular complexity index is 312. The van der Waals surface area contributed by atoms with Gasteiger partial charge in [-0.2, -0.15) is 13.2 Å². The largest absolute Gasteiger partial charge is 0.480 e. The molecule has 0 aromatic carbocycles. The number of carbonyl (C=O) groups excluding carboxylic acids is 1. The van der Waals surface area contributed by atoms with E-state index in [-0.39, 0.29) is 12.8 Å². The number of halogens is 3. The Morgan fingerprint density at radius 2 is 1.94 bits per heavy atom. The number of aliphatic carboxylic acids is 1. The molecule has 1 saturated carbocycles. The number of nitrogens with one attached hydrogen (secondary N) is 1. The minimum atomic E-state index is -4.49. The van der Waals surface area contributed by atoms with Gasteiger partial charge >= 0.3 is 18.2 Å². The van der Waals surface area contributed by atoms with Crippen molar-refractivity contribution in [3.63, 3.8) is 0 Å². The van der Waals surface area contributed by atoms with Gasteiger partial charge in [0.25, 0.3) is 0 Å². The highest BCUT2D eigenvalue weighted by atomic mass is 19.4. The molecule has 0 radical (unpaired) electrons. The van der Waals surface area contributed by atoms with Crippen molar-refractivity contribution in [3.05, 3.63) is 0 Å². The van der Waals surface area contributed by atoms with E-state index in [0.717, 1.165) is 7.05 Å². The summed E-state index contributed by atoms with van der Waals surface area (Å²) in [6.07, 6.45) is -4.82. The van der Waals surface area contributed by atoms with Crippen molar-refractivity contribution < 1.29 is 27.9 Å². The number of likely N-dealkylation sites (N-methyl/N-ethyl adjacent to an activating group) is 1. The third-order valence-electron chi connectivity index (χ3n) is 2.36. The van der Waals surface area contributed by atoms with Gasteiger partial charge in [0.15, 0.2) is 0 Å². The van der Waals surface area contributed by atoms with E-state index < -0.39 is 30.3 Å². The Hall–Kier alpha value is -1.47. The van der Waals surface area contributed by atoms with Crippen molar-refractivity contribution in [1.82, 2.24) is 10.2 Å². The second-order valence-electron chi connectivity index (χ2n) is 3.76. The van der Waals surface area contributed by atoms with Crippen molar-refractivity contribution in [1.29, 1.82) is 0 Å². The van der Waals surface area contributed by atoms with Crippen LogP contribution in [0.25, 0.3) is 0 Å². The Labute approximate surface area is 89.2 Å². The van der Waals surface area contributed by atoms with Crippen LogP contribution < -0.4 is 5.32 Å². The molecule has 0 aromatic rings. The van der Waals surface area contributed by atoms with Gasteiger partial charge < -0.3 is 15.3 Å². The van der Waals surface area contributed by atoms with Gasteiger partial charge in [0.2, 0.25) is 0 Å². The first-order valence-corrected chi connectivity index (χ1v) is 4.50. The number of carbonyl (C=O) groups is 2. The number of carboxylic acids is 1. The average molecular weight is 240 g/mol. The molecule has 0 unspecified atom stereocenters. The van der Waals surface area contributed by atoms with Gasteiger partial charge in [-0.25, -0.2) is 4.79 Å². The molecule has 0 saturated heterocycles. The molecule has 1 rings (SSSR count). The van der Waals surface area contributed by atoms with Crippen LogP contribution in [0.1, 0.15) is 12.8 Å². The standard InChI is InChI=1S/C8H11F3N2O3/c1-13(4-5(14)15)6(16)12-7(2-3-7)8(9,10)11/h2-4H2,1H3,(H,12,16)(H,14,15). The molecule has 2 N–H and O–H groups in total. The van der Waals surface area contributed by atoms with Crippen LogP contribution in [0.2, 0.25) is 0 Å². The molecular formula is C8H11F3N2O3. The number of nitrogens with zero attached hydrogens (tertiary/aromatic N) is 1. The molecule has 1 aliphatic carbocycles. The Morgan fingerprint density at radius 3 is 2.25 bits per heavy atom. The van der Waals surface area contributed by atoms with E-state index >= 15 is 0 Å². The van der Waals surface area contributed by atoms with E-state index in [1.54, 1.807) is 0 Å². The molecule has 0 atom stereocenters. The number of alkyl halides is 3. The van der Waals surface area contributed by atoms with Crippen LogP contribution in [0.4, 0.5) is 18.0 Å². The highest BCUT2D eigenvalue weighted by Gasteiger charge is 2.64. The smallest absolute Gasteiger partial charge is 0.411 e.